The van der Waals surface area contributed by atoms with E-state index >= 15 is 0 Å². The maximum absolute atomic E-state index is 2.34. The molecule has 0 aliphatic heterocycles. The monoisotopic (exact) mass is 752 g/mol. The number of aromatic nitrogens is 1. The summed E-state index contributed by atoms with van der Waals surface area (Å²) in [6.45, 7) is 10.3. The lowest BCUT2D eigenvalue weighted by molar-refractivity contribution is -0.694. The molecule has 1 heterocycles. The average Bonchev–Trinajstić information content (AvgIpc) is 3.21. The van der Waals surface area contributed by atoms with Gasteiger partial charge in [-0.05, 0) is 53.5 Å². The van der Waals surface area contributed by atoms with Crippen molar-refractivity contribution in [3.8, 4) is 0 Å². The zero-order valence-electron chi connectivity index (χ0n) is 32.6. The maximum Gasteiger partial charge on any atom is 0.179 e. The van der Waals surface area contributed by atoms with Crippen LogP contribution in [0.3, 0.4) is 0 Å². The van der Waals surface area contributed by atoms with Crippen LogP contribution in [0, 0.1) is 6.92 Å². The number of benzene rings is 4. The predicted octanol–water partition coefficient (Wildman–Crippen LogP) is 10.1. The van der Waals surface area contributed by atoms with Gasteiger partial charge in [-0.25, -0.2) is 0 Å². The van der Waals surface area contributed by atoms with Crippen LogP contribution in [0.25, 0.3) is 18.2 Å². The molecule has 2 N–H and O–H groups in total. The molecule has 0 spiro atoms. The van der Waals surface area contributed by atoms with Crippen molar-refractivity contribution in [3.63, 3.8) is 0 Å². The minimum absolute atomic E-state index is 0.890. The molecule has 0 unspecified atom stereocenters. The molecule has 0 saturated carbocycles. The van der Waals surface area contributed by atoms with Gasteiger partial charge in [-0.15, -0.1) is 0 Å². The summed E-state index contributed by atoms with van der Waals surface area (Å²) in [5, 5.41) is 2.29. The summed E-state index contributed by atoms with van der Waals surface area (Å²) in [6.07, 6.45) is 15.4. The molecule has 6 heteroatoms. The molecule has 5 aromatic rings. The predicted molar refractivity (Wildman–Crippen MR) is 239 cm³/mol. The topological polar surface area (TPSA) is 27.0 Å². The molecule has 0 saturated heterocycles. The normalized spacial score (nSPS) is 12.2. The first-order valence-electron chi connectivity index (χ1n) is 18.8. The molecule has 278 valence electrons. The van der Waals surface area contributed by atoms with Crippen LogP contribution in [-0.4, -0.2) is 38.7 Å². The first kappa shape index (κ1) is 40.4. The molecule has 4 nitrogen and oxygen atoms in total. The number of quaternary nitrogens is 1. The zero-order valence-corrected chi connectivity index (χ0v) is 34.2. The number of rotatable bonds is 19. The number of hydrogen-bond acceptors (Lipinski definition) is 4. The average molecular weight is 753 g/mol. The molecule has 0 amide bonds. The van der Waals surface area contributed by atoms with E-state index in [1.807, 2.05) is 21.6 Å². The minimum Gasteiger partial charge on any atom is -0.374 e. The smallest absolute Gasteiger partial charge is 0.179 e. The van der Waals surface area contributed by atoms with Gasteiger partial charge in [-0.2, -0.15) is 4.57 Å². The van der Waals surface area contributed by atoms with Crippen molar-refractivity contribution >= 4 is 51.2 Å². The third kappa shape index (κ3) is 13.6. The lowest BCUT2D eigenvalue weighted by Crippen LogP contribution is -2.79. The van der Waals surface area contributed by atoms with E-state index in [1.165, 1.54) is 56.2 Å². The molecule has 0 aliphatic carbocycles. The molecule has 0 atom stereocenters. The number of hydrogen-bond donors (Lipinski definition) is 1. The van der Waals surface area contributed by atoms with E-state index in [9.17, 15) is 0 Å². The third-order valence-electron chi connectivity index (χ3n) is 9.41. The fourth-order valence-electron chi connectivity index (χ4n) is 5.96. The second-order valence-electron chi connectivity index (χ2n) is 13.6. The first-order chi connectivity index (χ1) is 26.4. The Morgan fingerprint density at radius 3 is 1.76 bits per heavy atom. The Labute approximate surface area is 332 Å². The molecule has 0 radical (unpaired) electrons. The number of allylic oxidation sites excluding steroid dienone is 5. The Kier molecular flexibility index (Phi) is 16.3. The summed E-state index contributed by atoms with van der Waals surface area (Å²) in [5.74, 6) is 2.17. The van der Waals surface area contributed by atoms with Crippen molar-refractivity contribution in [1.82, 2.24) is 0 Å². The van der Waals surface area contributed by atoms with E-state index in [-0.39, 0.29) is 0 Å². The summed E-state index contributed by atoms with van der Waals surface area (Å²) >= 11 is 0. The van der Waals surface area contributed by atoms with E-state index < -0.39 is 0 Å². The van der Waals surface area contributed by atoms with Crippen LogP contribution < -0.4 is 19.7 Å². The van der Waals surface area contributed by atoms with Crippen LogP contribution in [0.2, 0.25) is 0 Å². The number of pyridine rings is 1. The van der Waals surface area contributed by atoms with Crippen LogP contribution in [0.1, 0.15) is 47.4 Å². The van der Waals surface area contributed by atoms with Crippen LogP contribution >= 0.6 is 21.6 Å². The molecule has 0 bridgehead atoms. The molecular weight excluding hydrogens is 697 g/mol. The Hall–Kier alpha value is -4.75. The van der Waals surface area contributed by atoms with Crippen molar-refractivity contribution in [2.75, 3.05) is 48.5 Å². The standard InChI is InChI=1S/C48H55N4S2/c1-6-41(35-39(2)49-37-45-13-9-7-10-14-45)17-18-42-21-25-47(26-22-42)50(4)31-33-53-54-34-32-51(5)48-27-23-43(24-28-48)19-20-44-29-30-52(40(3)36-44)38-46-15-11-8-12-16-46/h6-30,35-36,49H,31-34,37-38H2,1-5H3/q+1/p+1/b18-17+,39-35-,41-6-. The highest BCUT2D eigenvalue weighted by Crippen LogP contribution is 2.24. The molecule has 0 fully saturated rings. The number of aryl methyl sites for hydroxylation is 1. The largest absolute Gasteiger partial charge is 0.374 e. The highest BCUT2D eigenvalue weighted by molar-refractivity contribution is 8.76. The van der Waals surface area contributed by atoms with Gasteiger partial charge in [-0.1, -0.05) is 137 Å². The number of nitrogens with zero attached hydrogens (tertiary/aromatic N) is 3. The second-order valence-corrected chi connectivity index (χ2v) is 16.3. The van der Waals surface area contributed by atoms with Crippen LogP contribution in [0.5, 0.6) is 0 Å². The van der Waals surface area contributed by atoms with Gasteiger partial charge in [0.25, 0.3) is 0 Å². The van der Waals surface area contributed by atoms with Crippen molar-refractivity contribution in [2.24, 2.45) is 0 Å². The zero-order chi connectivity index (χ0) is 38.0. The van der Waals surface area contributed by atoms with Crippen molar-refractivity contribution in [2.45, 2.75) is 33.9 Å². The van der Waals surface area contributed by atoms with Crippen molar-refractivity contribution in [1.29, 1.82) is 0 Å². The highest BCUT2D eigenvalue weighted by atomic mass is 33.1. The van der Waals surface area contributed by atoms with Crippen LogP contribution in [-0.2, 0) is 13.1 Å². The van der Waals surface area contributed by atoms with Gasteiger partial charge in [0, 0.05) is 93.2 Å². The third-order valence-corrected chi connectivity index (χ3v) is 11.8. The highest BCUT2D eigenvalue weighted by Gasteiger charge is 2.08. The molecule has 54 heavy (non-hydrogen) atoms. The summed E-state index contributed by atoms with van der Waals surface area (Å²) in [6, 6.07) is 43.4. The molecule has 1 aromatic heterocycles. The Morgan fingerprint density at radius 2 is 1.20 bits per heavy atom. The fraction of sp³-hybridized carbons (Fsp3) is 0.229. The van der Waals surface area contributed by atoms with E-state index in [2.05, 4.69) is 219 Å². The van der Waals surface area contributed by atoms with Gasteiger partial charge < -0.3 is 15.1 Å². The minimum atomic E-state index is 0.890. The van der Waals surface area contributed by atoms with Gasteiger partial charge in [0.1, 0.15) is 12.2 Å². The SMILES string of the molecule is C/C=C(\C=C(\C)[NH2+]Cc1ccccc1)/C=C/c1ccc(N(C)CCSSCCN(C)c2ccc(/C=C/c3cc[n+](Cc4ccccc4)c(C)c3)cc2)cc1. The number of anilines is 2. The van der Waals surface area contributed by atoms with Crippen molar-refractivity contribution in [3.05, 3.63) is 191 Å². The summed E-state index contributed by atoms with van der Waals surface area (Å²) in [7, 11) is 8.28. The summed E-state index contributed by atoms with van der Waals surface area (Å²) in [4.78, 5) is 4.69. The van der Waals surface area contributed by atoms with Gasteiger partial charge in [0.05, 0.1) is 0 Å². The quantitative estimate of drug-likeness (QED) is 0.0393. The van der Waals surface area contributed by atoms with E-state index in [0.717, 1.165) is 37.7 Å². The Morgan fingerprint density at radius 1 is 0.667 bits per heavy atom. The lowest BCUT2D eigenvalue weighted by Gasteiger charge is -2.20. The van der Waals surface area contributed by atoms with Gasteiger partial charge in [0.2, 0.25) is 0 Å². The molecule has 4 aromatic carbocycles. The molecular formula is C48H56N4S2+2. The van der Waals surface area contributed by atoms with Gasteiger partial charge in [-0.3, -0.25) is 0 Å². The summed E-state index contributed by atoms with van der Waals surface area (Å²) in [5.41, 5.74) is 12.5. The van der Waals surface area contributed by atoms with Gasteiger partial charge >= 0.3 is 0 Å². The Balaban J connectivity index is 0.973. The van der Waals surface area contributed by atoms with E-state index in [1.54, 1.807) is 0 Å². The second kappa shape index (κ2) is 21.8. The Bertz CT molecular complexity index is 1980. The van der Waals surface area contributed by atoms with E-state index in [4.69, 9.17) is 0 Å². The first-order valence-corrected chi connectivity index (χ1v) is 21.3. The summed E-state index contributed by atoms with van der Waals surface area (Å²) < 4.78 is 2.29. The van der Waals surface area contributed by atoms with Gasteiger partial charge in [0.15, 0.2) is 18.4 Å². The van der Waals surface area contributed by atoms with Crippen molar-refractivity contribution < 1.29 is 9.88 Å². The molecule has 5 rings (SSSR count). The van der Waals surface area contributed by atoms with Crippen LogP contribution in [0.4, 0.5) is 11.4 Å². The lowest BCUT2D eigenvalue weighted by atomic mass is 10.1. The maximum atomic E-state index is 2.34. The number of nitrogens with two attached hydrogens (primary N) is 1. The van der Waals surface area contributed by atoms with Crippen LogP contribution in [0.15, 0.2) is 157 Å². The fourth-order valence-corrected chi connectivity index (χ4v) is 8.05. The van der Waals surface area contributed by atoms with E-state index in [0.29, 0.717) is 0 Å². The molecule has 0 aliphatic rings.